The maximum Gasteiger partial charge on any atom is 0.124 e. The smallest absolute Gasteiger partial charge is 0.124 e. The Morgan fingerprint density at radius 3 is 2.62 bits per heavy atom. The number of aliphatic hydroxyl groups excluding tert-OH is 1. The van der Waals surface area contributed by atoms with E-state index in [-0.39, 0.29) is 0 Å². The zero-order valence-electron chi connectivity index (χ0n) is 12.3. The number of fused-ring (bicyclic) bond motifs is 1. The van der Waals surface area contributed by atoms with E-state index in [0.717, 1.165) is 30.8 Å². The summed E-state index contributed by atoms with van der Waals surface area (Å²) in [6.07, 6.45) is 0.529. The number of rotatable bonds is 4. The normalized spacial score (nSPS) is 16.3. The van der Waals surface area contributed by atoms with Crippen LogP contribution in [0.15, 0.2) is 48.5 Å². The molecule has 0 amide bonds. The average Bonchev–Trinajstić information content (AvgIpc) is 2.54. The lowest BCUT2D eigenvalue weighted by Crippen LogP contribution is -2.34. The summed E-state index contributed by atoms with van der Waals surface area (Å²) in [7, 11) is 1.64. The minimum Gasteiger partial charge on any atom is -0.496 e. The van der Waals surface area contributed by atoms with Crippen LogP contribution in [-0.2, 0) is 13.0 Å². The second kappa shape index (κ2) is 6.29. The SMILES string of the molecule is COc1ccccc1C(O)CN1CCc2ccccc2C1. The van der Waals surface area contributed by atoms with Crippen LogP contribution in [0, 0.1) is 0 Å². The molecule has 1 heterocycles. The Labute approximate surface area is 125 Å². The van der Waals surface area contributed by atoms with Crippen molar-refractivity contribution in [3.8, 4) is 5.75 Å². The molecule has 0 aromatic heterocycles. The third-order valence-corrected chi connectivity index (χ3v) is 4.14. The van der Waals surface area contributed by atoms with E-state index in [4.69, 9.17) is 4.74 Å². The number of hydrogen-bond acceptors (Lipinski definition) is 3. The molecule has 0 aliphatic carbocycles. The third kappa shape index (κ3) is 3.09. The molecule has 3 rings (SSSR count). The summed E-state index contributed by atoms with van der Waals surface area (Å²) in [4.78, 5) is 2.31. The molecule has 1 aliphatic heterocycles. The van der Waals surface area contributed by atoms with Crippen molar-refractivity contribution in [1.29, 1.82) is 0 Å². The van der Waals surface area contributed by atoms with Gasteiger partial charge in [-0.3, -0.25) is 4.90 Å². The summed E-state index contributed by atoms with van der Waals surface area (Å²) < 4.78 is 5.33. The molecule has 0 bridgehead atoms. The van der Waals surface area contributed by atoms with Crippen LogP contribution < -0.4 is 4.74 Å². The second-order valence-electron chi connectivity index (χ2n) is 5.51. The number of nitrogens with zero attached hydrogens (tertiary/aromatic N) is 1. The lowest BCUT2D eigenvalue weighted by Gasteiger charge is -2.30. The van der Waals surface area contributed by atoms with Gasteiger partial charge in [0.05, 0.1) is 13.2 Å². The van der Waals surface area contributed by atoms with Gasteiger partial charge in [-0.15, -0.1) is 0 Å². The van der Waals surface area contributed by atoms with E-state index in [9.17, 15) is 5.11 Å². The lowest BCUT2D eigenvalue weighted by molar-refractivity contribution is 0.104. The number of hydrogen-bond donors (Lipinski definition) is 1. The average molecular weight is 283 g/mol. The molecule has 1 atom stereocenters. The zero-order chi connectivity index (χ0) is 14.7. The monoisotopic (exact) mass is 283 g/mol. The van der Waals surface area contributed by atoms with Crippen LogP contribution >= 0.6 is 0 Å². The molecular formula is C18H21NO2. The largest absolute Gasteiger partial charge is 0.496 e. The standard InChI is InChI=1S/C18H21NO2/c1-21-18-9-5-4-8-16(18)17(20)13-19-11-10-14-6-2-3-7-15(14)12-19/h2-9,17,20H,10-13H2,1H3. The van der Waals surface area contributed by atoms with Crippen molar-refractivity contribution >= 4 is 0 Å². The summed E-state index contributed by atoms with van der Waals surface area (Å²) in [5.74, 6) is 0.752. The molecule has 110 valence electrons. The Hall–Kier alpha value is -1.84. The summed E-state index contributed by atoms with van der Waals surface area (Å²) in [6, 6.07) is 16.2. The fourth-order valence-electron chi connectivity index (χ4n) is 2.99. The molecule has 0 fully saturated rings. The first-order valence-corrected chi connectivity index (χ1v) is 7.38. The van der Waals surface area contributed by atoms with Crippen LogP contribution in [0.1, 0.15) is 22.8 Å². The summed E-state index contributed by atoms with van der Waals surface area (Å²) in [5, 5.41) is 10.5. The highest BCUT2D eigenvalue weighted by atomic mass is 16.5. The van der Waals surface area contributed by atoms with Gasteiger partial charge in [-0.1, -0.05) is 42.5 Å². The molecule has 1 unspecified atom stereocenters. The number of benzene rings is 2. The molecule has 21 heavy (non-hydrogen) atoms. The van der Waals surface area contributed by atoms with E-state index in [1.807, 2.05) is 24.3 Å². The van der Waals surface area contributed by atoms with Crippen LogP contribution in [0.25, 0.3) is 0 Å². The van der Waals surface area contributed by atoms with Crippen LogP contribution in [0.4, 0.5) is 0 Å². The van der Waals surface area contributed by atoms with Crippen LogP contribution in [0.5, 0.6) is 5.75 Å². The first-order valence-electron chi connectivity index (χ1n) is 7.38. The molecule has 0 spiro atoms. The Morgan fingerprint density at radius 1 is 1.10 bits per heavy atom. The number of β-amino-alcohol motifs (C(OH)–C–C–N with tert-alkyl or cyclic N) is 1. The third-order valence-electron chi connectivity index (χ3n) is 4.14. The topological polar surface area (TPSA) is 32.7 Å². The highest BCUT2D eigenvalue weighted by molar-refractivity contribution is 5.35. The minimum atomic E-state index is -0.522. The van der Waals surface area contributed by atoms with Gasteiger partial charge in [0.25, 0.3) is 0 Å². The van der Waals surface area contributed by atoms with E-state index >= 15 is 0 Å². The van der Waals surface area contributed by atoms with Crippen molar-refractivity contribution in [2.75, 3.05) is 20.2 Å². The van der Waals surface area contributed by atoms with Gasteiger partial charge in [-0.25, -0.2) is 0 Å². The highest BCUT2D eigenvalue weighted by Gasteiger charge is 2.20. The molecule has 3 nitrogen and oxygen atoms in total. The molecular weight excluding hydrogens is 262 g/mol. The van der Waals surface area contributed by atoms with Gasteiger partial charge < -0.3 is 9.84 Å². The maximum atomic E-state index is 10.5. The van der Waals surface area contributed by atoms with Gasteiger partial charge in [-0.05, 0) is 23.6 Å². The number of methoxy groups -OCH3 is 1. The van der Waals surface area contributed by atoms with Gasteiger partial charge in [0.15, 0.2) is 0 Å². The predicted octanol–water partition coefficient (Wildman–Crippen LogP) is 2.79. The summed E-state index contributed by atoms with van der Waals surface area (Å²) in [6.45, 7) is 2.53. The van der Waals surface area contributed by atoms with Crippen LogP contribution in [0.2, 0.25) is 0 Å². The Morgan fingerprint density at radius 2 is 1.81 bits per heavy atom. The number of ether oxygens (including phenoxy) is 1. The zero-order valence-corrected chi connectivity index (χ0v) is 12.3. The van der Waals surface area contributed by atoms with Crippen molar-refractivity contribution < 1.29 is 9.84 Å². The number of aliphatic hydroxyl groups is 1. The van der Waals surface area contributed by atoms with Crippen molar-refractivity contribution in [3.63, 3.8) is 0 Å². The Kier molecular flexibility index (Phi) is 4.23. The highest BCUT2D eigenvalue weighted by Crippen LogP contribution is 2.27. The van der Waals surface area contributed by atoms with Gasteiger partial charge in [0.1, 0.15) is 5.75 Å². The molecule has 1 aliphatic rings. The fraction of sp³-hybridized carbons (Fsp3) is 0.333. The summed E-state index contributed by atoms with van der Waals surface area (Å²) >= 11 is 0. The van der Waals surface area contributed by atoms with E-state index in [0.29, 0.717) is 6.54 Å². The molecule has 0 saturated carbocycles. The van der Waals surface area contributed by atoms with Gasteiger partial charge in [0.2, 0.25) is 0 Å². The molecule has 1 N–H and O–H groups in total. The van der Waals surface area contributed by atoms with E-state index < -0.39 is 6.10 Å². The van der Waals surface area contributed by atoms with Crippen molar-refractivity contribution in [1.82, 2.24) is 4.90 Å². The van der Waals surface area contributed by atoms with Gasteiger partial charge >= 0.3 is 0 Å². The molecule has 2 aromatic rings. The molecule has 3 heteroatoms. The van der Waals surface area contributed by atoms with Gasteiger partial charge in [0, 0.05) is 25.2 Å². The first kappa shape index (κ1) is 14.1. The van der Waals surface area contributed by atoms with Crippen molar-refractivity contribution in [2.24, 2.45) is 0 Å². The second-order valence-corrected chi connectivity index (χ2v) is 5.51. The lowest BCUT2D eigenvalue weighted by atomic mass is 9.99. The van der Waals surface area contributed by atoms with Crippen LogP contribution in [-0.4, -0.2) is 30.2 Å². The van der Waals surface area contributed by atoms with Crippen LogP contribution in [0.3, 0.4) is 0 Å². The van der Waals surface area contributed by atoms with E-state index in [2.05, 4.69) is 29.2 Å². The molecule has 0 saturated heterocycles. The van der Waals surface area contributed by atoms with Gasteiger partial charge in [-0.2, -0.15) is 0 Å². The predicted molar refractivity (Wildman–Crippen MR) is 83.4 cm³/mol. The van der Waals surface area contributed by atoms with Crippen molar-refractivity contribution in [2.45, 2.75) is 19.1 Å². The Balaban J connectivity index is 1.70. The van der Waals surface area contributed by atoms with Crippen molar-refractivity contribution in [3.05, 3.63) is 65.2 Å². The summed E-state index contributed by atoms with van der Waals surface area (Å²) in [5.41, 5.74) is 3.66. The first-order chi connectivity index (χ1) is 10.3. The molecule has 0 radical (unpaired) electrons. The fourth-order valence-corrected chi connectivity index (χ4v) is 2.99. The number of para-hydroxylation sites is 1. The minimum absolute atomic E-state index is 0.522. The quantitative estimate of drug-likeness (QED) is 0.936. The van der Waals surface area contributed by atoms with E-state index in [1.54, 1.807) is 7.11 Å². The molecule has 2 aromatic carbocycles. The Bertz CT molecular complexity index is 612. The maximum absolute atomic E-state index is 10.5. The van der Waals surface area contributed by atoms with E-state index in [1.165, 1.54) is 11.1 Å².